The highest BCUT2D eigenvalue weighted by Gasteiger charge is 2.49. The molecule has 186 valence electrons. The second kappa shape index (κ2) is 9.13. The smallest absolute Gasteiger partial charge is 0.255 e. The Morgan fingerprint density at radius 1 is 1.11 bits per heavy atom. The Morgan fingerprint density at radius 3 is 2.64 bits per heavy atom. The van der Waals surface area contributed by atoms with Crippen molar-refractivity contribution in [2.45, 2.75) is 50.3 Å². The zero-order chi connectivity index (χ0) is 24.7. The number of carbonyl (C=O) groups excluding carboxylic acids is 1. The van der Waals surface area contributed by atoms with Crippen LogP contribution in [-0.2, 0) is 11.3 Å². The van der Waals surface area contributed by atoms with Gasteiger partial charge < -0.3 is 14.9 Å². The normalized spacial score (nSPS) is 22.4. The van der Waals surface area contributed by atoms with Gasteiger partial charge in [-0.1, -0.05) is 36.8 Å². The molecule has 3 aliphatic rings. The molecule has 1 saturated carbocycles. The summed E-state index contributed by atoms with van der Waals surface area (Å²) in [4.78, 5) is 43.6. The van der Waals surface area contributed by atoms with Gasteiger partial charge in [0.25, 0.3) is 5.56 Å². The van der Waals surface area contributed by atoms with Gasteiger partial charge in [-0.25, -0.2) is 15.0 Å². The molecule has 1 unspecified atom stereocenters. The van der Waals surface area contributed by atoms with Crippen molar-refractivity contribution in [3.05, 3.63) is 70.9 Å². The van der Waals surface area contributed by atoms with Crippen LogP contribution in [0.15, 0.2) is 59.8 Å². The first kappa shape index (κ1) is 22.8. The van der Waals surface area contributed by atoms with Crippen LogP contribution in [0.3, 0.4) is 0 Å². The Balaban J connectivity index is 1.40. The molecule has 6 rings (SSSR count). The molecule has 1 aliphatic carbocycles. The number of hydrogen-bond donors (Lipinski definition) is 1. The average Bonchev–Trinajstić information content (AvgIpc) is 3.30. The van der Waals surface area contributed by atoms with Crippen molar-refractivity contribution >= 4 is 11.9 Å². The van der Waals surface area contributed by atoms with Crippen LogP contribution in [0.1, 0.15) is 43.8 Å². The average molecular weight is 487 g/mol. The lowest BCUT2D eigenvalue weighted by molar-refractivity contribution is -0.137. The number of β-amino-alcohol motifs (C(OH)–C–C–N with tert-alkyl or cyclic N) is 1. The third kappa shape index (κ3) is 3.97. The van der Waals surface area contributed by atoms with Crippen LogP contribution in [0.4, 0.5) is 5.95 Å². The minimum Gasteiger partial charge on any atom is -0.387 e. The second-order valence-electron chi connectivity index (χ2n) is 10.2. The summed E-state index contributed by atoms with van der Waals surface area (Å²) in [5.41, 5.74) is 1.31. The molecule has 3 aromatic rings. The summed E-state index contributed by atoms with van der Waals surface area (Å²) in [6.07, 6.45) is 6.85. The summed E-state index contributed by atoms with van der Waals surface area (Å²) in [5, 5.41) is 11.3. The monoisotopic (exact) mass is 486 g/mol. The van der Waals surface area contributed by atoms with Crippen LogP contribution in [0, 0.1) is 5.92 Å². The van der Waals surface area contributed by atoms with Gasteiger partial charge in [0.2, 0.25) is 11.9 Å². The molecule has 1 N–H and O–H groups in total. The van der Waals surface area contributed by atoms with E-state index in [1.807, 2.05) is 35.2 Å². The largest absolute Gasteiger partial charge is 0.387 e. The first-order chi connectivity index (χ1) is 17.5. The molecule has 2 aliphatic heterocycles. The van der Waals surface area contributed by atoms with E-state index in [0.717, 1.165) is 31.2 Å². The maximum absolute atomic E-state index is 13.2. The number of rotatable bonds is 5. The molecule has 1 saturated heterocycles. The van der Waals surface area contributed by atoms with Gasteiger partial charge >= 0.3 is 0 Å². The minimum atomic E-state index is -0.773. The molecule has 0 bridgehead atoms. The van der Waals surface area contributed by atoms with E-state index in [1.54, 1.807) is 16.8 Å². The van der Waals surface area contributed by atoms with Crippen molar-refractivity contribution in [1.29, 1.82) is 0 Å². The van der Waals surface area contributed by atoms with Crippen LogP contribution in [0.5, 0.6) is 0 Å². The van der Waals surface area contributed by atoms with E-state index >= 15 is 0 Å². The van der Waals surface area contributed by atoms with E-state index in [1.165, 1.54) is 12.4 Å². The second-order valence-corrected chi connectivity index (χ2v) is 10.2. The number of aromatic nitrogens is 4. The number of aliphatic hydroxyl groups is 1. The van der Waals surface area contributed by atoms with Gasteiger partial charge in [0.05, 0.1) is 29.6 Å². The van der Waals surface area contributed by atoms with Gasteiger partial charge in [-0.3, -0.25) is 14.2 Å². The van der Waals surface area contributed by atoms with Crippen LogP contribution >= 0.6 is 0 Å². The van der Waals surface area contributed by atoms with Crippen LogP contribution in [0.25, 0.3) is 11.4 Å². The van der Waals surface area contributed by atoms with E-state index in [2.05, 4.69) is 14.9 Å². The fourth-order valence-electron chi connectivity index (χ4n) is 5.76. The summed E-state index contributed by atoms with van der Waals surface area (Å²) < 4.78 is 1.68. The zero-order valence-corrected chi connectivity index (χ0v) is 20.2. The van der Waals surface area contributed by atoms with Crippen LogP contribution in [-0.4, -0.2) is 60.6 Å². The Kier molecular flexibility index (Phi) is 5.79. The van der Waals surface area contributed by atoms with Gasteiger partial charge in [0.1, 0.15) is 6.33 Å². The number of hydrogen-bond acceptors (Lipinski definition) is 7. The Bertz CT molecular complexity index is 1310. The predicted octanol–water partition coefficient (Wildman–Crippen LogP) is 2.42. The fraction of sp³-hybridized carbons (Fsp3) is 0.444. The number of nitrogens with zero attached hydrogens (tertiary/aromatic N) is 6. The van der Waals surface area contributed by atoms with E-state index in [-0.39, 0.29) is 29.5 Å². The Labute approximate surface area is 209 Å². The SMILES string of the molecule is O=C(C1CCC1)N1CCC2(CCn3c(nc(-c4ccncn4)cc3=O)N2C[C@H](O)c2ccccc2)C1. The quantitative estimate of drug-likeness (QED) is 0.591. The molecule has 2 fully saturated rings. The number of fused-ring (bicyclic) bond motifs is 1. The highest BCUT2D eigenvalue weighted by molar-refractivity contribution is 5.80. The summed E-state index contributed by atoms with van der Waals surface area (Å²) in [6.45, 7) is 2.06. The topological polar surface area (TPSA) is 104 Å². The van der Waals surface area contributed by atoms with E-state index in [9.17, 15) is 14.7 Å². The third-order valence-corrected chi connectivity index (χ3v) is 8.09. The number of anilines is 1. The van der Waals surface area contributed by atoms with Crippen molar-refractivity contribution in [3.63, 3.8) is 0 Å². The molecule has 2 atom stereocenters. The Hall–Kier alpha value is -3.59. The molecule has 9 nitrogen and oxygen atoms in total. The zero-order valence-electron chi connectivity index (χ0n) is 20.2. The van der Waals surface area contributed by atoms with Crippen molar-refractivity contribution in [2.75, 3.05) is 24.5 Å². The minimum absolute atomic E-state index is 0.143. The summed E-state index contributed by atoms with van der Waals surface area (Å²) >= 11 is 0. The van der Waals surface area contributed by atoms with Crippen LogP contribution < -0.4 is 10.5 Å². The molecule has 1 spiro atoms. The van der Waals surface area contributed by atoms with Gasteiger partial charge in [-0.15, -0.1) is 0 Å². The molecule has 4 heterocycles. The number of aliphatic hydroxyl groups excluding tert-OH is 1. The van der Waals surface area contributed by atoms with Gasteiger partial charge in [-0.05, 0) is 37.3 Å². The fourth-order valence-corrected chi connectivity index (χ4v) is 5.76. The molecule has 0 radical (unpaired) electrons. The van der Waals surface area contributed by atoms with Gasteiger partial charge in [0, 0.05) is 37.8 Å². The summed E-state index contributed by atoms with van der Waals surface area (Å²) in [5.74, 6) is 0.909. The molecule has 1 amide bonds. The number of likely N-dealkylation sites (tertiary alicyclic amines) is 1. The molecular weight excluding hydrogens is 456 g/mol. The lowest BCUT2D eigenvalue weighted by Crippen LogP contribution is -2.58. The van der Waals surface area contributed by atoms with Crippen molar-refractivity contribution in [1.82, 2.24) is 24.4 Å². The van der Waals surface area contributed by atoms with E-state index in [4.69, 9.17) is 4.98 Å². The van der Waals surface area contributed by atoms with Crippen molar-refractivity contribution in [2.24, 2.45) is 5.92 Å². The number of amides is 1. The lowest BCUT2D eigenvalue weighted by atomic mass is 9.84. The van der Waals surface area contributed by atoms with E-state index in [0.29, 0.717) is 43.4 Å². The highest BCUT2D eigenvalue weighted by atomic mass is 16.3. The summed E-state index contributed by atoms with van der Waals surface area (Å²) in [6, 6.07) is 12.8. The maximum Gasteiger partial charge on any atom is 0.255 e. The molecule has 9 heteroatoms. The first-order valence-electron chi connectivity index (χ1n) is 12.7. The molecule has 1 aromatic carbocycles. The highest BCUT2D eigenvalue weighted by Crippen LogP contribution is 2.41. The first-order valence-corrected chi connectivity index (χ1v) is 12.7. The third-order valence-electron chi connectivity index (χ3n) is 8.09. The lowest BCUT2D eigenvalue weighted by Gasteiger charge is -2.47. The van der Waals surface area contributed by atoms with Gasteiger partial charge in [0.15, 0.2) is 0 Å². The Morgan fingerprint density at radius 2 is 1.92 bits per heavy atom. The standard InChI is InChI=1S/C27H30N6O3/c34-23(19-5-2-1-3-6-19)16-33-26-30-22(21-9-12-28-18-29-21)15-24(35)32(26)14-11-27(33)10-13-31(17-27)25(36)20-7-4-8-20/h1-3,5-6,9,12,15,18,20,23,34H,4,7-8,10-11,13-14,16-17H2/t23-,27?/m0/s1. The van der Waals surface area contributed by atoms with Gasteiger partial charge in [-0.2, -0.15) is 0 Å². The number of carbonyl (C=O) groups is 1. The summed E-state index contributed by atoms with van der Waals surface area (Å²) in [7, 11) is 0. The van der Waals surface area contributed by atoms with E-state index < -0.39 is 6.10 Å². The molecule has 2 aromatic heterocycles. The van der Waals surface area contributed by atoms with Crippen molar-refractivity contribution < 1.29 is 9.90 Å². The molecular formula is C27H30N6O3. The predicted molar refractivity (Wildman–Crippen MR) is 134 cm³/mol. The number of benzene rings is 1. The van der Waals surface area contributed by atoms with Crippen LogP contribution in [0.2, 0.25) is 0 Å². The van der Waals surface area contributed by atoms with Crippen molar-refractivity contribution in [3.8, 4) is 11.4 Å². The maximum atomic E-state index is 13.2. The molecule has 36 heavy (non-hydrogen) atoms.